The predicted molar refractivity (Wildman–Crippen MR) is 74.9 cm³/mol. The molecule has 0 aliphatic rings. The first-order valence-electron chi connectivity index (χ1n) is 5.68. The molecule has 104 valence electrons. The minimum Gasteiger partial charge on any atom is -0.293 e. The highest BCUT2D eigenvalue weighted by atomic mass is 32.1. The minimum atomic E-state index is -0.912. The summed E-state index contributed by atoms with van der Waals surface area (Å²) >= 11 is 3.99. The third-order valence-electron chi connectivity index (χ3n) is 2.49. The quantitative estimate of drug-likeness (QED) is 0.363. The number of nitrogens with zero attached hydrogens (tertiary/aromatic N) is 3. The zero-order valence-corrected chi connectivity index (χ0v) is 11.4. The topological polar surface area (TPSA) is 87.1 Å². The van der Waals surface area contributed by atoms with E-state index in [0.29, 0.717) is 24.3 Å². The Morgan fingerprint density at radius 1 is 1.53 bits per heavy atom. The van der Waals surface area contributed by atoms with Gasteiger partial charge in [0.05, 0.1) is 17.7 Å². The predicted octanol–water partition coefficient (Wildman–Crippen LogP) is 0.814. The monoisotopic (exact) mass is 285 g/mol. The molecule has 19 heavy (non-hydrogen) atoms. The number of aromatic nitrogens is 2. The zero-order chi connectivity index (χ0) is 14.6. The largest absolute Gasteiger partial charge is 0.350 e. The summed E-state index contributed by atoms with van der Waals surface area (Å²) < 4.78 is 2.00. The molecule has 0 atom stereocenters. The molecular weight excluding hydrogens is 270 g/mol. The number of hydrogen-bond donors (Lipinski definition) is 1. The maximum Gasteiger partial charge on any atom is 0.350 e. The molecule has 0 aliphatic carbocycles. The van der Waals surface area contributed by atoms with Crippen molar-refractivity contribution in [3.63, 3.8) is 0 Å². The first kappa shape index (κ1) is 15.2. The summed E-state index contributed by atoms with van der Waals surface area (Å²) in [6.45, 7) is 5.73. The van der Waals surface area contributed by atoms with E-state index in [4.69, 9.17) is 0 Å². The van der Waals surface area contributed by atoms with Gasteiger partial charge < -0.3 is 0 Å². The smallest absolute Gasteiger partial charge is 0.293 e. The van der Waals surface area contributed by atoms with Crippen molar-refractivity contribution < 1.29 is 4.92 Å². The molecular formula is C11H15N3O4S. The van der Waals surface area contributed by atoms with Crippen molar-refractivity contribution in [2.24, 2.45) is 0 Å². The van der Waals surface area contributed by atoms with Gasteiger partial charge in [0.15, 0.2) is 0 Å². The summed E-state index contributed by atoms with van der Waals surface area (Å²) in [7, 11) is 0. The van der Waals surface area contributed by atoms with Crippen LogP contribution in [-0.2, 0) is 13.1 Å². The number of rotatable bonds is 6. The van der Waals surface area contributed by atoms with Gasteiger partial charge in [0.1, 0.15) is 0 Å². The van der Waals surface area contributed by atoms with Crippen molar-refractivity contribution in [3.8, 4) is 0 Å². The highest BCUT2D eigenvalue weighted by Gasteiger charge is 2.19. The van der Waals surface area contributed by atoms with Gasteiger partial charge in [-0.2, -0.15) is 12.6 Å². The molecule has 0 N–H and O–H groups in total. The van der Waals surface area contributed by atoms with Gasteiger partial charge in [-0.05, 0) is 12.0 Å². The first-order chi connectivity index (χ1) is 8.92. The highest BCUT2D eigenvalue weighted by Crippen LogP contribution is 2.03. The molecule has 0 radical (unpaired) electrons. The molecule has 0 saturated heterocycles. The van der Waals surface area contributed by atoms with Crippen LogP contribution in [0.3, 0.4) is 0 Å². The molecule has 0 aliphatic heterocycles. The molecule has 8 heteroatoms. The second kappa shape index (κ2) is 6.37. The fourth-order valence-electron chi connectivity index (χ4n) is 1.58. The van der Waals surface area contributed by atoms with Crippen LogP contribution in [0, 0.1) is 10.1 Å². The molecule has 0 aromatic carbocycles. The Hall–Kier alpha value is -1.83. The van der Waals surface area contributed by atoms with Crippen LogP contribution in [0.5, 0.6) is 0 Å². The van der Waals surface area contributed by atoms with Crippen molar-refractivity contribution in [1.82, 2.24) is 9.13 Å². The lowest BCUT2D eigenvalue weighted by molar-refractivity contribution is -0.387. The molecule has 0 amide bonds. The fourth-order valence-corrected chi connectivity index (χ4v) is 1.68. The van der Waals surface area contributed by atoms with E-state index in [2.05, 4.69) is 19.2 Å². The number of aryl methyl sites for hydroxylation is 1. The van der Waals surface area contributed by atoms with Gasteiger partial charge in [-0.1, -0.05) is 13.5 Å². The molecule has 0 bridgehead atoms. The lowest BCUT2D eigenvalue weighted by Crippen LogP contribution is -2.40. The number of hydrogen-bond acceptors (Lipinski definition) is 5. The number of thiol groups is 1. The summed E-state index contributed by atoms with van der Waals surface area (Å²) in [5.41, 5.74) is -1.56. The van der Waals surface area contributed by atoms with Gasteiger partial charge in [0.2, 0.25) is 0 Å². The van der Waals surface area contributed by atoms with E-state index in [-0.39, 0.29) is 6.54 Å². The second-order valence-electron chi connectivity index (χ2n) is 4.05. The van der Waals surface area contributed by atoms with E-state index in [1.165, 1.54) is 4.57 Å². The van der Waals surface area contributed by atoms with Crippen molar-refractivity contribution in [3.05, 3.63) is 49.3 Å². The SMILES string of the molecule is C=C(CS)Cn1c(=O)c([N+](=O)[O-])cn(CCC)c1=O. The maximum atomic E-state index is 12.0. The molecule has 1 rings (SSSR count). The van der Waals surface area contributed by atoms with E-state index in [0.717, 1.165) is 10.8 Å². The molecule has 0 unspecified atom stereocenters. The van der Waals surface area contributed by atoms with E-state index in [1.807, 2.05) is 6.92 Å². The Bertz CT molecular complexity index is 617. The van der Waals surface area contributed by atoms with Crippen LogP contribution in [-0.4, -0.2) is 19.8 Å². The Morgan fingerprint density at radius 2 is 2.16 bits per heavy atom. The van der Waals surface area contributed by atoms with E-state index in [9.17, 15) is 19.7 Å². The Morgan fingerprint density at radius 3 is 2.63 bits per heavy atom. The number of nitro groups is 1. The average Bonchev–Trinajstić information content (AvgIpc) is 2.37. The summed E-state index contributed by atoms with van der Waals surface area (Å²) in [6, 6.07) is 0. The third kappa shape index (κ3) is 3.34. The molecule has 7 nitrogen and oxygen atoms in total. The van der Waals surface area contributed by atoms with Crippen LogP contribution < -0.4 is 11.2 Å². The first-order valence-corrected chi connectivity index (χ1v) is 6.31. The summed E-state index contributed by atoms with van der Waals surface area (Å²) in [6.07, 6.45) is 1.62. The highest BCUT2D eigenvalue weighted by molar-refractivity contribution is 7.80. The lowest BCUT2D eigenvalue weighted by Gasteiger charge is -2.09. The average molecular weight is 285 g/mol. The molecule has 0 saturated carbocycles. The second-order valence-corrected chi connectivity index (χ2v) is 4.36. The standard InChI is InChI=1S/C11H15N3O4S/c1-3-4-12-6-9(14(17)18)10(15)13(11(12)16)5-8(2)7-19/h6,19H,2-5,7H2,1H3. The molecule has 1 heterocycles. The van der Waals surface area contributed by atoms with E-state index < -0.39 is 21.9 Å². The molecule has 0 spiro atoms. The van der Waals surface area contributed by atoms with Crippen molar-refractivity contribution in [1.29, 1.82) is 0 Å². The normalized spacial score (nSPS) is 10.4. The van der Waals surface area contributed by atoms with Crippen LogP contribution in [0.2, 0.25) is 0 Å². The maximum absolute atomic E-state index is 12.0. The Kier molecular flexibility index (Phi) is 5.11. The van der Waals surface area contributed by atoms with E-state index in [1.54, 1.807) is 0 Å². The Labute approximate surface area is 114 Å². The van der Waals surface area contributed by atoms with Gasteiger partial charge in [0.25, 0.3) is 0 Å². The van der Waals surface area contributed by atoms with Crippen molar-refractivity contribution in [2.75, 3.05) is 5.75 Å². The van der Waals surface area contributed by atoms with Crippen molar-refractivity contribution in [2.45, 2.75) is 26.4 Å². The van der Waals surface area contributed by atoms with Crippen LogP contribution in [0.25, 0.3) is 0 Å². The summed E-state index contributed by atoms with van der Waals surface area (Å²) in [5.74, 6) is 0.294. The van der Waals surface area contributed by atoms with E-state index >= 15 is 0 Å². The van der Waals surface area contributed by atoms with Gasteiger partial charge in [-0.25, -0.2) is 4.79 Å². The van der Waals surface area contributed by atoms with Gasteiger partial charge in [-0.3, -0.25) is 24.0 Å². The Balaban J connectivity index is 3.50. The van der Waals surface area contributed by atoms with Gasteiger partial charge in [0, 0.05) is 12.3 Å². The van der Waals surface area contributed by atoms with Gasteiger partial charge in [-0.15, -0.1) is 0 Å². The fraction of sp³-hybridized carbons (Fsp3) is 0.455. The summed E-state index contributed by atoms with van der Waals surface area (Å²) in [5, 5.41) is 10.8. The minimum absolute atomic E-state index is 0.0629. The molecule has 1 aromatic heterocycles. The third-order valence-corrected chi connectivity index (χ3v) is 2.93. The lowest BCUT2D eigenvalue weighted by atomic mass is 10.3. The van der Waals surface area contributed by atoms with Crippen LogP contribution in [0.1, 0.15) is 13.3 Å². The zero-order valence-electron chi connectivity index (χ0n) is 10.5. The molecule has 1 aromatic rings. The summed E-state index contributed by atoms with van der Waals surface area (Å²) in [4.78, 5) is 34.0. The van der Waals surface area contributed by atoms with Crippen LogP contribution in [0.4, 0.5) is 5.69 Å². The van der Waals surface area contributed by atoms with Crippen LogP contribution >= 0.6 is 12.6 Å². The van der Waals surface area contributed by atoms with Gasteiger partial charge >= 0.3 is 16.9 Å². The van der Waals surface area contributed by atoms with Crippen molar-refractivity contribution >= 4 is 18.3 Å². The van der Waals surface area contributed by atoms with Crippen LogP contribution in [0.15, 0.2) is 27.9 Å². The molecule has 0 fully saturated rings.